The topological polar surface area (TPSA) is 80.1 Å². The van der Waals surface area contributed by atoms with Gasteiger partial charge in [0.2, 0.25) is 15.9 Å². The monoisotopic (exact) mass is 392 g/mol. The maximum atomic E-state index is 12.9. The zero-order valence-electron chi connectivity index (χ0n) is 15.5. The standard InChI is InChI=1S/C19H24N2O5S/c1-20(14-17-6-4-12-26-17)19(22)15-5-3-11-21(13-15)27(23,24)18-9-7-16(25-2)8-10-18/h4,6-10,12,15H,3,5,11,13-14H2,1-2H3. The highest BCUT2D eigenvalue weighted by atomic mass is 32.2. The fraction of sp³-hybridized carbons (Fsp3) is 0.421. The van der Waals surface area contributed by atoms with Gasteiger partial charge in [-0.15, -0.1) is 0 Å². The molecule has 7 nitrogen and oxygen atoms in total. The molecule has 0 bridgehead atoms. The number of piperidine rings is 1. The Labute approximate surface area is 159 Å². The number of methoxy groups -OCH3 is 1. The van der Waals surface area contributed by atoms with E-state index in [0.717, 1.165) is 0 Å². The minimum Gasteiger partial charge on any atom is -0.497 e. The van der Waals surface area contributed by atoms with Gasteiger partial charge in [0.1, 0.15) is 11.5 Å². The molecule has 1 aromatic heterocycles. The van der Waals surface area contributed by atoms with Crippen LogP contribution in [0.4, 0.5) is 0 Å². The third-order valence-corrected chi connectivity index (χ3v) is 6.66. The maximum Gasteiger partial charge on any atom is 0.243 e. The predicted octanol–water partition coefficient (Wildman–Crippen LogP) is 2.35. The summed E-state index contributed by atoms with van der Waals surface area (Å²) in [5.41, 5.74) is 0. The quantitative estimate of drug-likeness (QED) is 0.754. The van der Waals surface area contributed by atoms with Gasteiger partial charge in [-0.05, 0) is 49.2 Å². The van der Waals surface area contributed by atoms with Crippen LogP contribution >= 0.6 is 0 Å². The summed E-state index contributed by atoms with van der Waals surface area (Å²) in [6.45, 7) is 0.975. The van der Waals surface area contributed by atoms with Crippen molar-refractivity contribution >= 4 is 15.9 Å². The molecule has 1 aromatic carbocycles. The molecule has 1 atom stereocenters. The van der Waals surface area contributed by atoms with Gasteiger partial charge < -0.3 is 14.1 Å². The van der Waals surface area contributed by atoms with Gasteiger partial charge in [0.15, 0.2) is 0 Å². The molecule has 0 N–H and O–H groups in total. The first-order valence-corrected chi connectivity index (χ1v) is 10.3. The van der Waals surface area contributed by atoms with Crippen LogP contribution in [-0.2, 0) is 21.4 Å². The molecule has 1 fully saturated rings. The lowest BCUT2D eigenvalue weighted by Crippen LogP contribution is -2.45. The average Bonchev–Trinajstić information content (AvgIpc) is 3.20. The molecule has 1 amide bonds. The highest BCUT2D eigenvalue weighted by Crippen LogP contribution is 2.26. The predicted molar refractivity (Wildman–Crippen MR) is 99.7 cm³/mol. The summed E-state index contributed by atoms with van der Waals surface area (Å²) in [5, 5.41) is 0. The molecule has 0 saturated carbocycles. The van der Waals surface area contributed by atoms with Crippen molar-refractivity contribution in [2.75, 3.05) is 27.2 Å². The number of benzene rings is 1. The van der Waals surface area contributed by atoms with Crippen molar-refractivity contribution in [2.45, 2.75) is 24.3 Å². The highest BCUT2D eigenvalue weighted by molar-refractivity contribution is 7.89. The number of furan rings is 1. The number of carbonyl (C=O) groups excluding carboxylic acids is 1. The molecule has 146 valence electrons. The maximum absolute atomic E-state index is 12.9. The summed E-state index contributed by atoms with van der Waals surface area (Å²) in [6, 6.07) is 9.89. The number of rotatable bonds is 6. The lowest BCUT2D eigenvalue weighted by molar-refractivity contribution is -0.136. The molecule has 0 aliphatic carbocycles. The van der Waals surface area contributed by atoms with E-state index in [1.165, 1.54) is 23.5 Å². The van der Waals surface area contributed by atoms with E-state index in [0.29, 0.717) is 37.4 Å². The zero-order chi connectivity index (χ0) is 19.4. The van der Waals surface area contributed by atoms with Gasteiger partial charge in [-0.25, -0.2) is 8.42 Å². The Morgan fingerprint density at radius 1 is 1.30 bits per heavy atom. The molecule has 3 rings (SSSR count). The Balaban J connectivity index is 1.69. The van der Waals surface area contributed by atoms with Crippen LogP contribution in [0.2, 0.25) is 0 Å². The number of hydrogen-bond acceptors (Lipinski definition) is 5. The van der Waals surface area contributed by atoms with Gasteiger partial charge in [-0.3, -0.25) is 4.79 Å². The molecule has 0 radical (unpaired) electrons. The van der Waals surface area contributed by atoms with Crippen molar-refractivity contribution in [1.29, 1.82) is 0 Å². The van der Waals surface area contributed by atoms with Crippen LogP contribution in [0.1, 0.15) is 18.6 Å². The van der Waals surface area contributed by atoms with Crippen LogP contribution in [0.3, 0.4) is 0 Å². The van der Waals surface area contributed by atoms with Gasteiger partial charge >= 0.3 is 0 Å². The molecule has 8 heteroatoms. The first-order valence-electron chi connectivity index (χ1n) is 8.83. The zero-order valence-corrected chi connectivity index (χ0v) is 16.3. The van der Waals surface area contributed by atoms with Crippen molar-refractivity contribution in [1.82, 2.24) is 9.21 Å². The van der Waals surface area contributed by atoms with Crippen LogP contribution in [-0.4, -0.2) is 50.8 Å². The second-order valence-corrected chi connectivity index (χ2v) is 8.59. The number of sulfonamides is 1. The van der Waals surface area contributed by atoms with Crippen molar-refractivity contribution in [3.63, 3.8) is 0 Å². The Morgan fingerprint density at radius 3 is 2.67 bits per heavy atom. The fourth-order valence-electron chi connectivity index (χ4n) is 3.28. The van der Waals surface area contributed by atoms with Crippen LogP contribution in [0, 0.1) is 5.92 Å². The van der Waals surface area contributed by atoms with Crippen molar-refractivity contribution in [2.24, 2.45) is 5.92 Å². The van der Waals surface area contributed by atoms with Crippen LogP contribution in [0.5, 0.6) is 5.75 Å². The number of carbonyl (C=O) groups is 1. The summed E-state index contributed by atoms with van der Waals surface area (Å²) in [5.74, 6) is 0.873. The first kappa shape index (κ1) is 19.4. The number of nitrogens with zero attached hydrogens (tertiary/aromatic N) is 2. The van der Waals surface area contributed by atoms with Gasteiger partial charge in [-0.1, -0.05) is 0 Å². The van der Waals surface area contributed by atoms with E-state index >= 15 is 0 Å². The average molecular weight is 392 g/mol. The van der Waals surface area contributed by atoms with Crippen LogP contribution < -0.4 is 4.74 Å². The Kier molecular flexibility index (Phi) is 5.86. The van der Waals surface area contributed by atoms with E-state index in [4.69, 9.17) is 9.15 Å². The molecule has 1 aliphatic heterocycles. The highest BCUT2D eigenvalue weighted by Gasteiger charge is 2.34. The lowest BCUT2D eigenvalue weighted by atomic mass is 9.98. The molecular weight excluding hydrogens is 368 g/mol. The van der Waals surface area contributed by atoms with Gasteiger partial charge in [0, 0.05) is 20.1 Å². The summed E-state index contributed by atoms with van der Waals surface area (Å²) in [7, 11) is -0.399. The van der Waals surface area contributed by atoms with Gasteiger partial charge in [0.05, 0.1) is 30.7 Å². The Hall–Kier alpha value is -2.32. The summed E-state index contributed by atoms with van der Waals surface area (Å²) in [6.07, 6.45) is 2.90. The van der Waals surface area contributed by atoms with E-state index in [-0.39, 0.29) is 23.3 Å². The molecule has 1 unspecified atom stereocenters. The van der Waals surface area contributed by atoms with Crippen molar-refractivity contribution < 1.29 is 22.4 Å². The normalized spacial score (nSPS) is 18.2. The molecule has 1 saturated heterocycles. The van der Waals surface area contributed by atoms with Crippen LogP contribution in [0.15, 0.2) is 52.0 Å². The molecule has 27 heavy (non-hydrogen) atoms. The summed E-state index contributed by atoms with van der Waals surface area (Å²) < 4.78 is 37.6. The largest absolute Gasteiger partial charge is 0.497 e. The van der Waals surface area contributed by atoms with E-state index < -0.39 is 10.0 Å². The second-order valence-electron chi connectivity index (χ2n) is 6.65. The minimum absolute atomic E-state index is 0.0685. The van der Waals surface area contributed by atoms with E-state index in [9.17, 15) is 13.2 Å². The SMILES string of the molecule is COc1ccc(S(=O)(=O)N2CCCC(C(=O)N(C)Cc3ccco3)C2)cc1. The summed E-state index contributed by atoms with van der Waals surface area (Å²) >= 11 is 0. The van der Waals surface area contributed by atoms with E-state index in [2.05, 4.69) is 0 Å². The minimum atomic E-state index is -3.64. The lowest BCUT2D eigenvalue weighted by Gasteiger charge is -2.33. The van der Waals surface area contributed by atoms with E-state index in [1.54, 1.807) is 36.4 Å². The number of ether oxygens (including phenoxy) is 1. The van der Waals surface area contributed by atoms with Crippen molar-refractivity contribution in [3.05, 3.63) is 48.4 Å². The molecular formula is C19H24N2O5S. The molecule has 2 aromatic rings. The van der Waals surface area contributed by atoms with Gasteiger partial charge in [-0.2, -0.15) is 4.31 Å². The number of hydrogen-bond donors (Lipinski definition) is 0. The smallest absolute Gasteiger partial charge is 0.243 e. The van der Waals surface area contributed by atoms with E-state index in [1.807, 2.05) is 6.07 Å². The van der Waals surface area contributed by atoms with Gasteiger partial charge in [0.25, 0.3) is 0 Å². The molecule has 0 spiro atoms. The molecule has 1 aliphatic rings. The molecule has 2 heterocycles. The van der Waals surface area contributed by atoms with Crippen LogP contribution in [0.25, 0.3) is 0 Å². The third kappa shape index (κ3) is 4.33. The van der Waals surface area contributed by atoms with Crippen molar-refractivity contribution in [3.8, 4) is 5.75 Å². The first-order chi connectivity index (χ1) is 12.9. The third-order valence-electron chi connectivity index (χ3n) is 4.78. The Morgan fingerprint density at radius 2 is 2.04 bits per heavy atom. The summed E-state index contributed by atoms with van der Waals surface area (Å²) in [4.78, 5) is 14.6. The number of amides is 1. The fourth-order valence-corrected chi connectivity index (χ4v) is 4.81. The Bertz CT molecular complexity index is 862. The second kappa shape index (κ2) is 8.14.